The number of benzene rings is 4. The Hall–Kier alpha value is -4.25. The molecule has 2 unspecified atom stereocenters. The van der Waals surface area contributed by atoms with Crippen molar-refractivity contribution in [3.8, 4) is 0 Å². The van der Waals surface area contributed by atoms with Crippen LogP contribution in [0.3, 0.4) is 0 Å². The lowest BCUT2D eigenvalue weighted by Gasteiger charge is -2.52. The third-order valence-corrected chi connectivity index (χ3v) is 6.89. The van der Waals surface area contributed by atoms with Crippen LogP contribution in [0.15, 0.2) is 109 Å². The quantitative estimate of drug-likeness (QED) is 0.358. The fourth-order valence-corrected chi connectivity index (χ4v) is 5.37. The van der Waals surface area contributed by atoms with E-state index in [1.54, 1.807) is 84.9 Å². The number of carbonyl (C=O) groups excluding carboxylic acids is 2. The number of esters is 2. The first-order chi connectivity index (χ1) is 17.1. The van der Waals surface area contributed by atoms with E-state index >= 15 is 4.39 Å². The van der Waals surface area contributed by atoms with E-state index in [2.05, 4.69) is 0 Å². The number of ether oxygens (including phenoxy) is 2. The number of alkyl halides is 1. The highest BCUT2D eigenvalue weighted by Gasteiger charge is 2.63. The van der Waals surface area contributed by atoms with Gasteiger partial charge in [-0.05, 0) is 35.4 Å². The summed E-state index contributed by atoms with van der Waals surface area (Å²) in [4.78, 5) is 26.3. The second kappa shape index (κ2) is 8.20. The summed E-state index contributed by atoms with van der Waals surface area (Å²) in [6, 6.07) is 31.3. The highest BCUT2D eigenvalue weighted by atomic mass is 19.1. The van der Waals surface area contributed by atoms with E-state index in [9.17, 15) is 9.59 Å². The molecule has 2 atom stereocenters. The summed E-state index contributed by atoms with van der Waals surface area (Å²) in [7, 11) is 0. The number of fused-ring (bicyclic) bond motifs is 1. The van der Waals surface area contributed by atoms with Gasteiger partial charge in [-0.25, -0.2) is 14.0 Å². The van der Waals surface area contributed by atoms with Crippen LogP contribution in [0, 0.1) is 0 Å². The van der Waals surface area contributed by atoms with Crippen molar-refractivity contribution in [3.63, 3.8) is 0 Å². The summed E-state index contributed by atoms with van der Waals surface area (Å²) >= 11 is 0. The van der Waals surface area contributed by atoms with Gasteiger partial charge in [0.05, 0.1) is 17.0 Å². The highest BCUT2D eigenvalue weighted by molar-refractivity contribution is 5.91. The molecule has 3 aliphatic rings. The van der Waals surface area contributed by atoms with E-state index in [1.807, 2.05) is 24.3 Å². The predicted molar refractivity (Wildman–Crippen MR) is 128 cm³/mol. The van der Waals surface area contributed by atoms with E-state index in [-0.39, 0.29) is 0 Å². The lowest BCUT2D eigenvalue weighted by atomic mass is 9.59. The molecule has 0 aromatic heterocycles. The molecule has 0 N–H and O–H groups in total. The first-order valence-electron chi connectivity index (χ1n) is 11.5. The Morgan fingerprint density at radius 1 is 0.600 bits per heavy atom. The molecule has 2 bridgehead atoms. The van der Waals surface area contributed by atoms with E-state index in [0.717, 1.165) is 11.1 Å². The second-order valence-electron chi connectivity index (χ2n) is 8.79. The third kappa shape index (κ3) is 3.27. The van der Waals surface area contributed by atoms with Crippen LogP contribution in [0.5, 0.6) is 0 Å². The largest absolute Gasteiger partial charge is 0.454 e. The molecule has 4 aromatic rings. The standard InChI is InChI=1S/C30H21FO4/c31-30-23-17-9-7-15-21(23)25(22-16-8-10-18-24(22)30)26(34-28(32)19-11-3-1-4-12-19)27(30)35-29(33)20-13-5-2-6-14-20/h1-18,25-27H/t25-,26?,27?,30-. The van der Waals surface area contributed by atoms with Crippen LogP contribution in [-0.4, -0.2) is 24.1 Å². The Balaban J connectivity index is 1.50. The monoisotopic (exact) mass is 464 g/mol. The molecular formula is C30H21FO4. The van der Waals surface area contributed by atoms with Gasteiger partial charge in [-0.3, -0.25) is 0 Å². The van der Waals surface area contributed by atoms with Gasteiger partial charge in [0.25, 0.3) is 0 Å². The Morgan fingerprint density at radius 3 is 1.54 bits per heavy atom. The first-order valence-corrected chi connectivity index (χ1v) is 11.5. The van der Waals surface area contributed by atoms with Gasteiger partial charge in [0.15, 0.2) is 12.2 Å². The SMILES string of the molecule is O=C(OC1C(OC(=O)c2ccccc2)[C@]2(F)c3ccccc3[C@H]1c1ccccc12)c1ccccc1. The van der Waals surface area contributed by atoms with E-state index in [4.69, 9.17) is 9.47 Å². The summed E-state index contributed by atoms with van der Waals surface area (Å²) in [5.41, 5.74) is 0.777. The molecule has 172 valence electrons. The smallest absolute Gasteiger partial charge is 0.338 e. The fraction of sp³-hybridized carbons (Fsp3) is 0.133. The molecular weight excluding hydrogens is 443 g/mol. The van der Waals surface area contributed by atoms with Gasteiger partial charge in [0, 0.05) is 11.1 Å². The first kappa shape index (κ1) is 21.3. The van der Waals surface area contributed by atoms with Crippen molar-refractivity contribution in [1.29, 1.82) is 0 Å². The van der Waals surface area contributed by atoms with Crippen molar-refractivity contribution in [2.75, 3.05) is 0 Å². The molecule has 35 heavy (non-hydrogen) atoms. The van der Waals surface area contributed by atoms with Gasteiger partial charge in [-0.1, -0.05) is 84.9 Å². The maximum atomic E-state index is 17.5. The van der Waals surface area contributed by atoms with Crippen LogP contribution in [0.25, 0.3) is 0 Å². The molecule has 0 spiro atoms. The molecule has 0 heterocycles. The Bertz CT molecular complexity index is 1370. The fourth-order valence-electron chi connectivity index (χ4n) is 5.37. The summed E-state index contributed by atoms with van der Waals surface area (Å²) in [6.45, 7) is 0. The summed E-state index contributed by atoms with van der Waals surface area (Å²) in [5, 5.41) is 0. The zero-order valence-corrected chi connectivity index (χ0v) is 18.6. The third-order valence-electron chi connectivity index (χ3n) is 6.89. The molecule has 0 amide bonds. The lowest BCUT2D eigenvalue weighted by molar-refractivity contribution is -0.109. The number of halogens is 1. The zero-order chi connectivity index (χ0) is 24.0. The summed E-state index contributed by atoms with van der Waals surface area (Å²) < 4.78 is 29.4. The molecule has 4 nitrogen and oxygen atoms in total. The Kier molecular flexibility index (Phi) is 4.99. The molecule has 3 aliphatic carbocycles. The Labute approximate surface area is 201 Å². The average molecular weight is 464 g/mol. The van der Waals surface area contributed by atoms with Crippen molar-refractivity contribution in [1.82, 2.24) is 0 Å². The zero-order valence-electron chi connectivity index (χ0n) is 18.6. The minimum atomic E-state index is -2.19. The van der Waals surface area contributed by atoms with Crippen LogP contribution in [0.4, 0.5) is 4.39 Å². The number of carbonyl (C=O) groups is 2. The van der Waals surface area contributed by atoms with Crippen molar-refractivity contribution in [3.05, 3.63) is 143 Å². The van der Waals surface area contributed by atoms with Crippen LogP contribution in [-0.2, 0) is 15.1 Å². The maximum absolute atomic E-state index is 17.5. The van der Waals surface area contributed by atoms with E-state index < -0.39 is 35.7 Å². The normalized spacial score (nSPS) is 23.6. The van der Waals surface area contributed by atoms with Crippen LogP contribution in [0.1, 0.15) is 48.9 Å². The van der Waals surface area contributed by atoms with Crippen LogP contribution >= 0.6 is 0 Å². The molecule has 5 heteroatoms. The second-order valence-corrected chi connectivity index (χ2v) is 8.79. The van der Waals surface area contributed by atoms with Crippen molar-refractivity contribution in [2.24, 2.45) is 0 Å². The molecule has 4 aromatic carbocycles. The predicted octanol–water partition coefficient (Wildman–Crippen LogP) is 5.81. The molecule has 0 saturated heterocycles. The number of rotatable bonds is 4. The van der Waals surface area contributed by atoms with Crippen molar-refractivity contribution >= 4 is 11.9 Å². The van der Waals surface area contributed by atoms with Gasteiger partial charge in [0.1, 0.15) is 0 Å². The Morgan fingerprint density at radius 2 is 1.03 bits per heavy atom. The van der Waals surface area contributed by atoms with Crippen molar-refractivity contribution in [2.45, 2.75) is 23.8 Å². The number of hydrogen-bond acceptors (Lipinski definition) is 4. The molecule has 0 fully saturated rings. The van der Waals surface area contributed by atoms with Gasteiger partial charge in [-0.15, -0.1) is 0 Å². The summed E-state index contributed by atoms with van der Waals surface area (Å²) in [5.74, 6) is -1.75. The molecule has 0 aliphatic heterocycles. The molecule has 7 rings (SSSR count). The van der Waals surface area contributed by atoms with Gasteiger partial charge >= 0.3 is 11.9 Å². The topological polar surface area (TPSA) is 52.6 Å². The minimum Gasteiger partial charge on any atom is -0.454 e. The van der Waals surface area contributed by atoms with E-state index in [0.29, 0.717) is 22.3 Å². The van der Waals surface area contributed by atoms with Crippen molar-refractivity contribution < 1.29 is 23.5 Å². The van der Waals surface area contributed by atoms with Gasteiger partial charge < -0.3 is 9.47 Å². The number of hydrogen-bond donors (Lipinski definition) is 0. The minimum absolute atomic E-state index is 0.298. The van der Waals surface area contributed by atoms with E-state index in [1.165, 1.54) is 0 Å². The molecule has 0 saturated carbocycles. The van der Waals surface area contributed by atoms with Crippen LogP contribution in [0.2, 0.25) is 0 Å². The maximum Gasteiger partial charge on any atom is 0.338 e. The van der Waals surface area contributed by atoms with Crippen LogP contribution < -0.4 is 0 Å². The van der Waals surface area contributed by atoms with Gasteiger partial charge in [0.2, 0.25) is 5.67 Å². The lowest BCUT2D eigenvalue weighted by Crippen LogP contribution is -2.59. The van der Waals surface area contributed by atoms with Gasteiger partial charge in [-0.2, -0.15) is 0 Å². The summed E-state index contributed by atoms with van der Waals surface area (Å²) in [6.07, 6.45) is -2.41. The highest BCUT2D eigenvalue weighted by Crippen LogP contribution is 2.59. The average Bonchev–Trinajstić information content (AvgIpc) is 2.91. The molecule has 0 radical (unpaired) electrons.